The third-order valence-corrected chi connectivity index (χ3v) is 2.44. The van der Waals surface area contributed by atoms with E-state index in [-0.39, 0.29) is 5.91 Å². The number of hydrogen-bond donors (Lipinski definition) is 1. The highest BCUT2D eigenvalue weighted by Gasteiger charge is 2.29. The highest BCUT2D eigenvalue weighted by Crippen LogP contribution is 2.20. The van der Waals surface area contributed by atoms with Gasteiger partial charge >= 0.3 is 0 Å². The van der Waals surface area contributed by atoms with Crippen molar-refractivity contribution in [2.75, 3.05) is 18.5 Å². The lowest BCUT2D eigenvalue weighted by atomic mass is 9.92. The molecule has 1 aromatic heterocycles. The number of carbonyl (C=O) groups is 1. The Morgan fingerprint density at radius 2 is 2.00 bits per heavy atom. The summed E-state index contributed by atoms with van der Waals surface area (Å²) in [7, 11) is 1.75. The first-order chi connectivity index (χ1) is 6.99. The summed E-state index contributed by atoms with van der Waals surface area (Å²) in [5, 5.41) is 0. The van der Waals surface area contributed by atoms with Crippen LogP contribution in [0.3, 0.4) is 0 Å². The van der Waals surface area contributed by atoms with Crippen molar-refractivity contribution in [3.05, 3.63) is 24.5 Å². The fraction of sp³-hybridized carbons (Fsp3) is 0.455. The van der Waals surface area contributed by atoms with E-state index in [1.54, 1.807) is 36.5 Å². The standard InChI is InChI=1S/C11H17N3O/c1-11(2,8-12)10(15)14(3)9-4-6-13-7-5-9/h4-7H,8,12H2,1-3H3. The molecule has 0 aromatic carbocycles. The van der Waals surface area contributed by atoms with Gasteiger partial charge in [-0.3, -0.25) is 9.78 Å². The maximum absolute atomic E-state index is 12.0. The lowest BCUT2D eigenvalue weighted by Crippen LogP contribution is -2.42. The van der Waals surface area contributed by atoms with Gasteiger partial charge in [-0.2, -0.15) is 0 Å². The minimum absolute atomic E-state index is 0.0104. The number of hydrogen-bond acceptors (Lipinski definition) is 3. The van der Waals surface area contributed by atoms with Gasteiger partial charge in [-0.25, -0.2) is 0 Å². The van der Waals surface area contributed by atoms with Gasteiger partial charge in [0.05, 0.1) is 5.41 Å². The van der Waals surface area contributed by atoms with E-state index in [9.17, 15) is 4.79 Å². The third-order valence-electron chi connectivity index (χ3n) is 2.44. The number of amides is 1. The first kappa shape index (κ1) is 11.7. The van der Waals surface area contributed by atoms with Crippen molar-refractivity contribution in [3.63, 3.8) is 0 Å². The summed E-state index contributed by atoms with van der Waals surface area (Å²) in [4.78, 5) is 17.5. The SMILES string of the molecule is CN(C(=O)C(C)(C)CN)c1ccncc1. The van der Waals surface area contributed by atoms with E-state index in [1.165, 1.54) is 0 Å². The third kappa shape index (κ3) is 2.53. The molecule has 0 unspecified atom stereocenters. The van der Waals surface area contributed by atoms with Crippen LogP contribution >= 0.6 is 0 Å². The van der Waals surface area contributed by atoms with Crippen LogP contribution in [-0.4, -0.2) is 24.5 Å². The first-order valence-electron chi connectivity index (χ1n) is 4.87. The van der Waals surface area contributed by atoms with Gasteiger partial charge in [-0.05, 0) is 26.0 Å². The molecule has 15 heavy (non-hydrogen) atoms. The molecule has 0 fully saturated rings. The smallest absolute Gasteiger partial charge is 0.233 e. The molecule has 1 rings (SSSR count). The van der Waals surface area contributed by atoms with Crippen LogP contribution in [0.15, 0.2) is 24.5 Å². The molecule has 4 nitrogen and oxygen atoms in total. The van der Waals surface area contributed by atoms with E-state index in [1.807, 2.05) is 13.8 Å². The molecule has 0 atom stereocenters. The van der Waals surface area contributed by atoms with Crippen molar-refractivity contribution in [1.29, 1.82) is 0 Å². The molecule has 0 saturated carbocycles. The predicted octanol–water partition coefficient (Wildman–Crippen LogP) is 1.03. The Morgan fingerprint density at radius 1 is 1.47 bits per heavy atom. The molecule has 0 aliphatic rings. The van der Waals surface area contributed by atoms with Crippen LogP contribution in [0.25, 0.3) is 0 Å². The Labute approximate surface area is 90.1 Å². The molecule has 82 valence electrons. The molecular formula is C11H17N3O. The Hall–Kier alpha value is -1.42. The quantitative estimate of drug-likeness (QED) is 0.805. The maximum atomic E-state index is 12.0. The number of rotatable bonds is 3. The average Bonchev–Trinajstić information content (AvgIpc) is 2.28. The zero-order chi connectivity index (χ0) is 11.5. The Balaban J connectivity index is 2.87. The summed E-state index contributed by atoms with van der Waals surface area (Å²) in [6.45, 7) is 4.02. The van der Waals surface area contributed by atoms with Gasteiger partial charge in [0, 0.05) is 31.7 Å². The summed E-state index contributed by atoms with van der Waals surface area (Å²) in [6.07, 6.45) is 3.32. The Morgan fingerprint density at radius 3 is 2.47 bits per heavy atom. The summed E-state index contributed by atoms with van der Waals surface area (Å²) in [5.74, 6) is 0.0104. The molecule has 0 bridgehead atoms. The first-order valence-corrected chi connectivity index (χ1v) is 4.87. The second-order valence-corrected chi connectivity index (χ2v) is 4.16. The average molecular weight is 207 g/mol. The molecule has 2 N–H and O–H groups in total. The lowest BCUT2D eigenvalue weighted by molar-refractivity contribution is -0.125. The Bertz CT molecular complexity index is 335. The second-order valence-electron chi connectivity index (χ2n) is 4.16. The van der Waals surface area contributed by atoms with Gasteiger partial charge in [-0.1, -0.05) is 0 Å². The second kappa shape index (κ2) is 4.40. The van der Waals surface area contributed by atoms with E-state index >= 15 is 0 Å². The van der Waals surface area contributed by atoms with E-state index in [2.05, 4.69) is 4.98 Å². The van der Waals surface area contributed by atoms with Crippen LogP contribution in [0, 0.1) is 5.41 Å². The largest absolute Gasteiger partial charge is 0.329 e. The fourth-order valence-electron chi connectivity index (χ4n) is 1.23. The summed E-state index contributed by atoms with van der Waals surface area (Å²) >= 11 is 0. The van der Waals surface area contributed by atoms with E-state index in [0.717, 1.165) is 5.69 Å². The zero-order valence-corrected chi connectivity index (χ0v) is 9.40. The summed E-state index contributed by atoms with van der Waals surface area (Å²) in [5.41, 5.74) is 5.86. The van der Waals surface area contributed by atoms with Crippen LogP contribution in [0.5, 0.6) is 0 Å². The van der Waals surface area contributed by atoms with Crippen molar-refractivity contribution >= 4 is 11.6 Å². The van der Waals surface area contributed by atoms with Gasteiger partial charge in [0.1, 0.15) is 0 Å². The minimum atomic E-state index is -0.530. The molecule has 4 heteroatoms. The van der Waals surface area contributed by atoms with Crippen LogP contribution in [-0.2, 0) is 4.79 Å². The Kier molecular flexibility index (Phi) is 3.42. The van der Waals surface area contributed by atoms with Crippen molar-refractivity contribution < 1.29 is 4.79 Å². The molecule has 0 aliphatic heterocycles. The number of nitrogens with two attached hydrogens (primary N) is 1. The van der Waals surface area contributed by atoms with Crippen molar-refractivity contribution in [3.8, 4) is 0 Å². The van der Waals surface area contributed by atoms with Crippen LogP contribution in [0.1, 0.15) is 13.8 Å². The van der Waals surface area contributed by atoms with Gasteiger partial charge < -0.3 is 10.6 Å². The summed E-state index contributed by atoms with van der Waals surface area (Å²) in [6, 6.07) is 3.59. The normalized spacial score (nSPS) is 11.2. The zero-order valence-electron chi connectivity index (χ0n) is 9.40. The molecule has 1 heterocycles. The van der Waals surface area contributed by atoms with Crippen LogP contribution < -0.4 is 10.6 Å². The topological polar surface area (TPSA) is 59.2 Å². The molecule has 0 aliphatic carbocycles. The molecule has 1 amide bonds. The maximum Gasteiger partial charge on any atom is 0.233 e. The monoisotopic (exact) mass is 207 g/mol. The van der Waals surface area contributed by atoms with Crippen molar-refractivity contribution in [1.82, 2.24) is 4.98 Å². The summed E-state index contributed by atoms with van der Waals surface area (Å²) < 4.78 is 0. The highest BCUT2D eigenvalue weighted by molar-refractivity contribution is 5.96. The number of aromatic nitrogens is 1. The predicted molar refractivity (Wildman–Crippen MR) is 60.5 cm³/mol. The number of nitrogens with zero attached hydrogens (tertiary/aromatic N) is 2. The molecule has 1 aromatic rings. The van der Waals surface area contributed by atoms with Crippen LogP contribution in [0.2, 0.25) is 0 Å². The van der Waals surface area contributed by atoms with Gasteiger partial charge in [0.2, 0.25) is 5.91 Å². The number of carbonyl (C=O) groups excluding carboxylic acids is 1. The fourth-order valence-corrected chi connectivity index (χ4v) is 1.23. The van der Waals surface area contributed by atoms with E-state index in [4.69, 9.17) is 5.73 Å². The van der Waals surface area contributed by atoms with Gasteiger partial charge in [-0.15, -0.1) is 0 Å². The molecular weight excluding hydrogens is 190 g/mol. The molecule has 0 radical (unpaired) electrons. The minimum Gasteiger partial charge on any atom is -0.329 e. The van der Waals surface area contributed by atoms with Crippen molar-refractivity contribution in [2.45, 2.75) is 13.8 Å². The van der Waals surface area contributed by atoms with E-state index in [0.29, 0.717) is 6.54 Å². The highest BCUT2D eigenvalue weighted by atomic mass is 16.2. The van der Waals surface area contributed by atoms with Gasteiger partial charge in [0.15, 0.2) is 0 Å². The number of pyridine rings is 1. The van der Waals surface area contributed by atoms with Crippen LogP contribution in [0.4, 0.5) is 5.69 Å². The van der Waals surface area contributed by atoms with Gasteiger partial charge in [0.25, 0.3) is 0 Å². The molecule has 0 spiro atoms. The number of anilines is 1. The van der Waals surface area contributed by atoms with E-state index < -0.39 is 5.41 Å². The lowest BCUT2D eigenvalue weighted by Gasteiger charge is -2.28. The van der Waals surface area contributed by atoms with Crippen molar-refractivity contribution in [2.24, 2.45) is 11.1 Å². The molecule has 0 saturated heterocycles.